The summed E-state index contributed by atoms with van der Waals surface area (Å²) >= 11 is 0. The average Bonchev–Trinajstić information content (AvgIpc) is 2.88. The highest BCUT2D eigenvalue weighted by atomic mass is 35.5. The van der Waals surface area contributed by atoms with E-state index >= 15 is 0 Å². The maximum absolute atomic E-state index is 11.6. The zero-order valence-electron chi connectivity index (χ0n) is 11.8. The second-order valence-corrected chi connectivity index (χ2v) is 4.50. The summed E-state index contributed by atoms with van der Waals surface area (Å²) in [5, 5.41) is 14.7. The van der Waals surface area contributed by atoms with Gasteiger partial charge in [-0.25, -0.2) is 0 Å². The average molecular weight is 311 g/mol. The normalized spacial score (nSPS) is 10.0. The van der Waals surface area contributed by atoms with Gasteiger partial charge < -0.3 is 11.1 Å². The molecule has 21 heavy (non-hydrogen) atoms. The number of aromatic nitrogens is 4. The van der Waals surface area contributed by atoms with Gasteiger partial charge in [-0.3, -0.25) is 4.79 Å². The third-order valence-electron chi connectivity index (χ3n) is 2.75. The monoisotopic (exact) mass is 310 g/mol. The Morgan fingerprint density at radius 2 is 2.05 bits per heavy atom. The number of halogens is 1. The smallest absolute Gasteiger partial charge is 0.243 e. The number of rotatable bonds is 6. The Morgan fingerprint density at radius 1 is 1.33 bits per heavy atom. The molecule has 0 aliphatic rings. The Hall–Kier alpha value is -1.99. The number of nitrogens with two attached hydrogens (primary N) is 1. The van der Waals surface area contributed by atoms with Gasteiger partial charge in [-0.15, -0.1) is 22.6 Å². The van der Waals surface area contributed by atoms with Gasteiger partial charge in [-0.2, -0.15) is 4.80 Å². The van der Waals surface area contributed by atoms with Crippen LogP contribution >= 0.6 is 12.4 Å². The molecule has 1 aromatic carbocycles. The standard InChI is InChI=1S/C13H18N6O.ClH/c1-10-3-5-11(6-4-10)13-16-18-19(17-13)9-12(20)15-8-2-7-14;/h3-6H,2,7-9,14H2,1H3,(H,15,20);1H. The number of aryl methyl sites for hydroxylation is 1. The molecule has 114 valence electrons. The number of nitrogens with one attached hydrogen (secondary N) is 1. The van der Waals surface area contributed by atoms with Crippen molar-refractivity contribution in [3.05, 3.63) is 29.8 Å². The molecule has 0 radical (unpaired) electrons. The maximum atomic E-state index is 11.6. The molecule has 0 atom stereocenters. The first-order valence-corrected chi connectivity index (χ1v) is 6.50. The van der Waals surface area contributed by atoms with E-state index in [1.807, 2.05) is 31.2 Å². The molecule has 2 aromatic rings. The van der Waals surface area contributed by atoms with Gasteiger partial charge in [0.15, 0.2) is 0 Å². The number of hydrogen-bond donors (Lipinski definition) is 2. The molecule has 1 aromatic heterocycles. The highest BCUT2D eigenvalue weighted by Crippen LogP contribution is 2.13. The zero-order chi connectivity index (χ0) is 14.4. The molecule has 7 nitrogen and oxygen atoms in total. The summed E-state index contributed by atoms with van der Waals surface area (Å²) in [6.07, 6.45) is 0.755. The molecule has 1 amide bonds. The van der Waals surface area contributed by atoms with Crippen LogP contribution in [0, 0.1) is 6.92 Å². The van der Waals surface area contributed by atoms with Crippen LogP contribution in [0.25, 0.3) is 11.4 Å². The molecule has 0 fully saturated rings. The summed E-state index contributed by atoms with van der Waals surface area (Å²) in [7, 11) is 0. The van der Waals surface area contributed by atoms with E-state index in [0.717, 1.165) is 12.0 Å². The second kappa shape index (κ2) is 8.33. The highest BCUT2D eigenvalue weighted by molar-refractivity contribution is 5.85. The third-order valence-corrected chi connectivity index (χ3v) is 2.75. The number of benzene rings is 1. The molecular formula is C13H19ClN6O. The van der Waals surface area contributed by atoms with Crippen LogP contribution in [0.15, 0.2) is 24.3 Å². The van der Waals surface area contributed by atoms with Gasteiger partial charge >= 0.3 is 0 Å². The number of tetrazole rings is 1. The number of hydrogen-bond acceptors (Lipinski definition) is 5. The van der Waals surface area contributed by atoms with Crippen LogP contribution in [0.4, 0.5) is 0 Å². The van der Waals surface area contributed by atoms with Gasteiger partial charge in [0.2, 0.25) is 11.7 Å². The van der Waals surface area contributed by atoms with Crippen molar-refractivity contribution in [1.29, 1.82) is 0 Å². The van der Waals surface area contributed by atoms with Crippen LogP contribution in [-0.4, -0.2) is 39.2 Å². The van der Waals surface area contributed by atoms with Crippen molar-refractivity contribution in [2.45, 2.75) is 19.9 Å². The van der Waals surface area contributed by atoms with Gasteiger partial charge in [-0.1, -0.05) is 29.8 Å². The van der Waals surface area contributed by atoms with E-state index in [4.69, 9.17) is 5.73 Å². The summed E-state index contributed by atoms with van der Waals surface area (Å²) < 4.78 is 0. The molecule has 0 saturated carbocycles. The Bertz CT molecular complexity index is 568. The van der Waals surface area contributed by atoms with Crippen molar-refractivity contribution < 1.29 is 4.79 Å². The molecule has 0 aliphatic heterocycles. The second-order valence-electron chi connectivity index (χ2n) is 4.50. The van der Waals surface area contributed by atoms with Crippen LogP contribution < -0.4 is 11.1 Å². The molecule has 0 aliphatic carbocycles. The summed E-state index contributed by atoms with van der Waals surface area (Å²) in [6.45, 7) is 3.19. The van der Waals surface area contributed by atoms with Crippen LogP contribution in [-0.2, 0) is 11.3 Å². The van der Waals surface area contributed by atoms with E-state index in [9.17, 15) is 4.79 Å². The van der Waals surface area contributed by atoms with Crippen molar-refractivity contribution in [3.8, 4) is 11.4 Å². The van der Waals surface area contributed by atoms with Crippen molar-refractivity contribution >= 4 is 18.3 Å². The van der Waals surface area contributed by atoms with E-state index in [1.165, 1.54) is 10.4 Å². The molecule has 1 heterocycles. The minimum absolute atomic E-state index is 0. The number of carbonyl (C=O) groups is 1. The lowest BCUT2D eigenvalue weighted by molar-refractivity contribution is -0.122. The Kier molecular flexibility index (Phi) is 6.77. The van der Waals surface area contributed by atoms with Crippen LogP contribution in [0.2, 0.25) is 0 Å². The SMILES string of the molecule is Cc1ccc(-c2nnn(CC(=O)NCCCN)n2)cc1.Cl. The lowest BCUT2D eigenvalue weighted by atomic mass is 10.1. The minimum Gasteiger partial charge on any atom is -0.354 e. The molecular weight excluding hydrogens is 292 g/mol. The quantitative estimate of drug-likeness (QED) is 0.759. The first-order chi connectivity index (χ1) is 9.69. The van der Waals surface area contributed by atoms with Gasteiger partial charge in [0, 0.05) is 12.1 Å². The predicted molar refractivity (Wildman–Crippen MR) is 81.9 cm³/mol. The lowest BCUT2D eigenvalue weighted by Gasteiger charge is -2.02. The van der Waals surface area contributed by atoms with E-state index in [1.54, 1.807) is 0 Å². The first-order valence-electron chi connectivity index (χ1n) is 6.50. The number of carbonyl (C=O) groups excluding carboxylic acids is 1. The van der Waals surface area contributed by atoms with E-state index in [0.29, 0.717) is 18.9 Å². The topological polar surface area (TPSA) is 98.7 Å². The molecule has 0 spiro atoms. The molecule has 2 rings (SSSR count). The van der Waals surface area contributed by atoms with E-state index < -0.39 is 0 Å². The predicted octanol–water partition coefficient (Wildman–Crippen LogP) is 0.535. The summed E-state index contributed by atoms with van der Waals surface area (Å²) in [4.78, 5) is 12.9. The zero-order valence-corrected chi connectivity index (χ0v) is 12.6. The van der Waals surface area contributed by atoms with E-state index in [2.05, 4.69) is 20.7 Å². The minimum atomic E-state index is -0.147. The Balaban J connectivity index is 0.00000220. The van der Waals surface area contributed by atoms with Gasteiger partial charge in [0.1, 0.15) is 6.54 Å². The lowest BCUT2D eigenvalue weighted by Crippen LogP contribution is -2.30. The molecule has 8 heteroatoms. The Labute approximate surface area is 129 Å². The fourth-order valence-corrected chi connectivity index (χ4v) is 1.64. The maximum Gasteiger partial charge on any atom is 0.243 e. The van der Waals surface area contributed by atoms with Crippen molar-refractivity contribution in [3.63, 3.8) is 0 Å². The molecule has 3 N–H and O–H groups in total. The van der Waals surface area contributed by atoms with Crippen LogP contribution in [0.5, 0.6) is 0 Å². The van der Waals surface area contributed by atoms with Crippen molar-refractivity contribution in [1.82, 2.24) is 25.5 Å². The summed E-state index contributed by atoms with van der Waals surface area (Å²) in [5.41, 5.74) is 7.40. The van der Waals surface area contributed by atoms with E-state index in [-0.39, 0.29) is 24.9 Å². The fourth-order valence-electron chi connectivity index (χ4n) is 1.64. The summed E-state index contributed by atoms with van der Waals surface area (Å²) in [5.74, 6) is 0.367. The van der Waals surface area contributed by atoms with Crippen molar-refractivity contribution in [2.75, 3.05) is 13.1 Å². The van der Waals surface area contributed by atoms with Gasteiger partial charge in [0.05, 0.1) is 0 Å². The van der Waals surface area contributed by atoms with Crippen LogP contribution in [0.3, 0.4) is 0 Å². The third kappa shape index (κ3) is 5.13. The largest absolute Gasteiger partial charge is 0.354 e. The van der Waals surface area contributed by atoms with Gasteiger partial charge in [-0.05, 0) is 25.1 Å². The Morgan fingerprint density at radius 3 is 2.71 bits per heavy atom. The molecule has 0 saturated heterocycles. The fraction of sp³-hybridized carbons (Fsp3) is 0.385. The first kappa shape index (κ1) is 17.1. The van der Waals surface area contributed by atoms with Crippen LogP contribution in [0.1, 0.15) is 12.0 Å². The highest BCUT2D eigenvalue weighted by Gasteiger charge is 2.08. The molecule has 0 unspecified atom stereocenters. The molecule has 0 bridgehead atoms. The number of amides is 1. The number of nitrogens with zero attached hydrogens (tertiary/aromatic N) is 4. The van der Waals surface area contributed by atoms with Crippen molar-refractivity contribution in [2.24, 2.45) is 5.73 Å². The van der Waals surface area contributed by atoms with Gasteiger partial charge in [0.25, 0.3) is 0 Å². The summed E-state index contributed by atoms with van der Waals surface area (Å²) in [6, 6.07) is 7.82.